The average molecular weight is 353 g/mol. The molecule has 0 bridgehead atoms. The van der Waals surface area contributed by atoms with Gasteiger partial charge in [0.2, 0.25) is 17.6 Å². The largest absolute Gasteiger partial charge is 0.339 e. The van der Waals surface area contributed by atoms with Gasteiger partial charge in [-0.1, -0.05) is 43.3 Å². The van der Waals surface area contributed by atoms with E-state index in [1.165, 1.54) is 11.6 Å². The summed E-state index contributed by atoms with van der Waals surface area (Å²) in [6.45, 7) is 4.24. The highest BCUT2D eigenvalue weighted by molar-refractivity contribution is 5.90. The lowest BCUT2D eigenvalue weighted by molar-refractivity contribution is -0.116. The fourth-order valence-corrected chi connectivity index (χ4v) is 2.50. The Hall–Kier alpha value is -3.02. The summed E-state index contributed by atoms with van der Waals surface area (Å²) in [5.74, 6) is 0.368. The normalized spacial score (nSPS) is 10.9. The van der Waals surface area contributed by atoms with E-state index in [2.05, 4.69) is 29.3 Å². The summed E-state index contributed by atoms with van der Waals surface area (Å²) in [5.41, 5.74) is 2.24. The molecule has 134 valence electrons. The smallest absolute Gasteiger partial charge is 0.227 e. The summed E-state index contributed by atoms with van der Waals surface area (Å²) >= 11 is 0. The minimum absolute atomic E-state index is 0.145. The van der Waals surface area contributed by atoms with Crippen LogP contribution in [0.4, 0.5) is 10.1 Å². The Morgan fingerprint density at radius 3 is 2.58 bits per heavy atom. The van der Waals surface area contributed by atoms with Crippen LogP contribution >= 0.6 is 0 Å². The molecule has 0 atom stereocenters. The van der Waals surface area contributed by atoms with E-state index in [1.807, 2.05) is 24.3 Å². The Morgan fingerprint density at radius 1 is 1.15 bits per heavy atom. The van der Waals surface area contributed by atoms with E-state index < -0.39 is 5.82 Å². The number of benzene rings is 2. The van der Waals surface area contributed by atoms with Crippen LogP contribution in [0.5, 0.6) is 0 Å². The van der Waals surface area contributed by atoms with E-state index in [0.717, 1.165) is 5.69 Å². The van der Waals surface area contributed by atoms with E-state index >= 15 is 0 Å². The zero-order valence-electron chi connectivity index (χ0n) is 14.7. The van der Waals surface area contributed by atoms with Crippen LogP contribution in [0.1, 0.15) is 37.6 Å². The molecule has 0 aliphatic rings. The van der Waals surface area contributed by atoms with E-state index in [4.69, 9.17) is 4.52 Å². The van der Waals surface area contributed by atoms with Crippen LogP contribution in [-0.2, 0) is 11.2 Å². The lowest BCUT2D eigenvalue weighted by atomic mass is 10.0. The van der Waals surface area contributed by atoms with Crippen LogP contribution < -0.4 is 5.32 Å². The van der Waals surface area contributed by atoms with Gasteiger partial charge in [-0.3, -0.25) is 4.79 Å². The van der Waals surface area contributed by atoms with E-state index in [-0.39, 0.29) is 30.1 Å². The van der Waals surface area contributed by atoms with Gasteiger partial charge in [0, 0.05) is 18.5 Å². The van der Waals surface area contributed by atoms with Gasteiger partial charge in [0.05, 0.1) is 5.56 Å². The second-order valence-electron chi connectivity index (χ2n) is 6.32. The average Bonchev–Trinajstić information content (AvgIpc) is 3.09. The maximum Gasteiger partial charge on any atom is 0.227 e. The maximum atomic E-state index is 13.7. The van der Waals surface area contributed by atoms with Crippen LogP contribution in [0.3, 0.4) is 0 Å². The van der Waals surface area contributed by atoms with Crippen molar-refractivity contribution in [2.75, 3.05) is 5.32 Å². The summed E-state index contributed by atoms with van der Waals surface area (Å²) < 4.78 is 18.8. The SMILES string of the molecule is CC(C)c1ccc(NC(=O)CCc2nc(-c3ccccc3F)no2)cc1. The van der Waals surface area contributed by atoms with Crippen molar-refractivity contribution in [1.29, 1.82) is 0 Å². The van der Waals surface area contributed by atoms with Gasteiger partial charge < -0.3 is 9.84 Å². The quantitative estimate of drug-likeness (QED) is 0.705. The summed E-state index contributed by atoms with van der Waals surface area (Å²) in [7, 11) is 0. The number of nitrogens with one attached hydrogen (secondary N) is 1. The molecule has 2 aromatic carbocycles. The lowest BCUT2D eigenvalue weighted by Crippen LogP contribution is -2.12. The molecule has 0 spiro atoms. The molecule has 0 aliphatic carbocycles. The van der Waals surface area contributed by atoms with Gasteiger partial charge in [0.25, 0.3) is 0 Å². The summed E-state index contributed by atoms with van der Waals surface area (Å²) in [6.07, 6.45) is 0.488. The molecular formula is C20H20FN3O2. The van der Waals surface area contributed by atoms with Crippen LogP contribution in [-0.4, -0.2) is 16.0 Å². The second-order valence-corrected chi connectivity index (χ2v) is 6.32. The number of halogens is 1. The third kappa shape index (κ3) is 4.33. The molecule has 0 aliphatic heterocycles. The van der Waals surface area contributed by atoms with Crippen molar-refractivity contribution in [3.63, 3.8) is 0 Å². The third-order valence-corrected chi connectivity index (χ3v) is 4.01. The standard InChI is InChI=1S/C20H20FN3O2/c1-13(2)14-7-9-15(10-8-14)22-18(25)11-12-19-23-20(24-26-19)16-5-3-4-6-17(16)21/h3-10,13H,11-12H2,1-2H3,(H,22,25). The molecule has 0 radical (unpaired) electrons. The highest BCUT2D eigenvalue weighted by Crippen LogP contribution is 2.20. The summed E-state index contributed by atoms with van der Waals surface area (Å²) in [4.78, 5) is 16.2. The molecule has 0 unspecified atom stereocenters. The number of anilines is 1. The molecule has 1 N–H and O–H groups in total. The third-order valence-electron chi connectivity index (χ3n) is 4.01. The number of aromatic nitrogens is 2. The monoisotopic (exact) mass is 353 g/mol. The molecule has 3 aromatic rings. The van der Waals surface area contributed by atoms with E-state index in [0.29, 0.717) is 11.8 Å². The molecule has 1 aromatic heterocycles. The highest BCUT2D eigenvalue weighted by atomic mass is 19.1. The molecule has 5 nitrogen and oxygen atoms in total. The first-order valence-electron chi connectivity index (χ1n) is 8.50. The Morgan fingerprint density at radius 2 is 1.88 bits per heavy atom. The molecule has 1 heterocycles. The first-order valence-corrected chi connectivity index (χ1v) is 8.50. The van der Waals surface area contributed by atoms with Crippen LogP contribution in [0.15, 0.2) is 53.1 Å². The first kappa shape index (κ1) is 17.8. The topological polar surface area (TPSA) is 68.0 Å². The fraction of sp³-hybridized carbons (Fsp3) is 0.250. The van der Waals surface area contributed by atoms with Gasteiger partial charge in [0.15, 0.2) is 0 Å². The highest BCUT2D eigenvalue weighted by Gasteiger charge is 2.13. The number of hydrogen-bond acceptors (Lipinski definition) is 4. The molecular weight excluding hydrogens is 333 g/mol. The number of hydrogen-bond donors (Lipinski definition) is 1. The van der Waals surface area contributed by atoms with Crippen molar-refractivity contribution in [3.8, 4) is 11.4 Å². The van der Waals surface area contributed by atoms with Crippen LogP contribution in [0, 0.1) is 5.82 Å². The van der Waals surface area contributed by atoms with Gasteiger partial charge in [-0.2, -0.15) is 4.98 Å². The van der Waals surface area contributed by atoms with Crippen molar-refractivity contribution in [1.82, 2.24) is 10.1 Å². The number of aryl methyl sites for hydroxylation is 1. The minimum Gasteiger partial charge on any atom is -0.339 e. The predicted molar refractivity (Wildman–Crippen MR) is 97.2 cm³/mol. The second kappa shape index (κ2) is 7.91. The minimum atomic E-state index is -0.414. The molecule has 0 saturated carbocycles. The van der Waals surface area contributed by atoms with Crippen molar-refractivity contribution in [2.45, 2.75) is 32.6 Å². The van der Waals surface area contributed by atoms with Crippen molar-refractivity contribution >= 4 is 11.6 Å². The molecule has 26 heavy (non-hydrogen) atoms. The number of amides is 1. The van der Waals surface area contributed by atoms with E-state index in [9.17, 15) is 9.18 Å². The van der Waals surface area contributed by atoms with Gasteiger partial charge in [-0.15, -0.1) is 0 Å². The van der Waals surface area contributed by atoms with Crippen molar-refractivity contribution in [2.24, 2.45) is 0 Å². The number of carbonyl (C=O) groups excluding carboxylic acids is 1. The molecule has 3 rings (SSSR count). The van der Waals surface area contributed by atoms with Crippen LogP contribution in [0.2, 0.25) is 0 Å². The predicted octanol–water partition coefficient (Wildman–Crippen LogP) is 4.57. The fourth-order valence-electron chi connectivity index (χ4n) is 2.50. The summed E-state index contributed by atoms with van der Waals surface area (Å²) in [6, 6.07) is 14.0. The Bertz CT molecular complexity index is 888. The number of carbonyl (C=O) groups is 1. The first-order chi connectivity index (χ1) is 12.5. The zero-order valence-corrected chi connectivity index (χ0v) is 14.7. The Balaban J connectivity index is 1.56. The Labute approximate surface area is 151 Å². The molecule has 0 fully saturated rings. The van der Waals surface area contributed by atoms with E-state index in [1.54, 1.807) is 18.2 Å². The molecule has 0 saturated heterocycles. The van der Waals surface area contributed by atoms with Gasteiger partial charge in [0.1, 0.15) is 5.82 Å². The number of nitrogens with zero attached hydrogens (tertiary/aromatic N) is 2. The van der Waals surface area contributed by atoms with Crippen molar-refractivity contribution < 1.29 is 13.7 Å². The maximum absolute atomic E-state index is 13.7. The van der Waals surface area contributed by atoms with Crippen molar-refractivity contribution in [3.05, 3.63) is 65.8 Å². The molecule has 1 amide bonds. The van der Waals surface area contributed by atoms with Crippen LogP contribution in [0.25, 0.3) is 11.4 Å². The molecule has 6 heteroatoms. The zero-order chi connectivity index (χ0) is 18.5. The number of rotatable bonds is 6. The lowest BCUT2D eigenvalue weighted by Gasteiger charge is -2.08. The van der Waals surface area contributed by atoms with Gasteiger partial charge in [-0.05, 0) is 35.7 Å². The Kier molecular flexibility index (Phi) is 5.41. The van der Waals surface area contributed by atoms with Gasteiger partial charge >= 0.3 is 0 Å². The van der Waals surface area contributed by atoms with Gasteiger partial charge in [-0.25, -0.2) is 4.39 Å². The summed E-state index contributed by atoms with van der Waals surface area (Å²) in [5, 5.41) is 6.61.